The van der Waals surface area contributed by atoms with Crippen molar-refractivity contribution in [3.63, 3.8) is 0 Å². The highest BCUT2D eigenvalue weighted by Gasteiger charge is 2.32. The molecular formula is C23H19ClF3N3O4S. The van der Waals surface area contributed by atoms with Crippen LogP contribution in [0.1, 0.15) is 18.4 Å². The molecule has 2 aromatic carbocycles. The van der Waals surface area contributed by atoms with E-state index in [9.17, 15) is 26.4 Å². The molecule has 0 radical (unpaired) electrons. The molecule has 1 aliphatic rings. The van der Waals surface area contributed by atoms with Crippen LogP contribution in [0.3, 0.4) is 0 Å². The number of nitrogens with one attached hydrogen (secondary N) is 1. The van der Waals surface area contributed by atoms with Crippen molar-refractivity contribution in [2.45, 2.75) is 23.9 Å². The van der Waals surface area contributed by atoms with Crippen molar-refractivity contribution >= 4 is 38.8 Å². The van der Waals surface area contributed by atoms with E-state index in [1.54, 1.807) is 24.3 Å². The van der Waals surface area contributed by atoms with Crippen LogP contribution in [-0.2, 0) is 21.0 Å². The average molecular weight is 526 g/mol. The predicted molar refractivity (Wildman–Crippen MR) is 124 cm³/mol. The van der Waals surface area contributed by atoms with E-state index < -0.39 is 21.8 Å². The Kier molecular flexibility index (Phi) is 6.91. The summed E-state index contributed by atoms with van der Waals surface area (Å²) in [7, 11) is -3.91. The summed E-state index contributed by atoms with van der Waals surface area (Å²) >= 11 is 5.84. The van der Waals surface area contributed by atoms with E-state index in [0.717, 1.165) is 5.69 Å². The highest BCUT2D eigenvalue weighted by molar-refractivity contribution is 7.92. The number of ether oxygens (including phenoxy) is 1. The molecule has 0 unspecified atom stereocenters. The molecule has 1 aromatic heterocycles. The Morgan fingerprint density at radius 2 is 1.63 bits per heavy atom. The van der Waals surface area contributed by atoms with Gasteiger partial charge in [-0.25, -0.2) is 13.4 Å². The number of pyridine rings is 1. The summed E-state index contributed by atoms with van der Waals surface area (Å²) < 4.78 is 71.6. The zero-order valence-electron chi connectivity index (χ0n) is 18.0. The molecule has 0 saturated carbocycles. The Balaban J connectivity index is 1.42. The molecule has 7 nitrogen and oxygen atoms in total. The number of carbonyl (C=O) groups excluding carboxylic acids is 1. The lowest BCUT2D eigenvalue weighted by Crippen LogP contribution is -2.33. The summed E-state index contributed by atoms with van der Waals surface area (Å²) in [5.41, 5.74) is 0.252. The number of benzene rings is 2. The number of hydrogen-bond acceptors (Lipinski definition) is 6. The molecule has 0 aliphatic carbocycles. The van der Waals surface area contributed by atoms with Gasteiger partial charge in [0.1, 0.15) is 16.6 Å². The van der Waals surface area contributed by atoms with Gasteiger partial charge in [0.2, 0.25) is 5.88 Å². The maximum absolute atomic E-state index is 12.7. The zero-order chi connectivity index (χ0) is 25.2. The number of halogens is 4. The van der Waals surface area contributed by atoms with Gasteiger partial charge < -0.3 is 9.64 Å². The predicted octanol–water partition coefficient (Wildman–Crippen LogP) is 5.52. The van der Waals surface area contributed by atoms with Crippen LogP contribution >= 0.6 is 11.6 Å². The molecule has 3 aromatic rings. The summed E-state index contributed by atoms with van der Waals surface area (Å²) in [4.78, 5) is 17.0. The minimum atomic E-state index is -4.59. The van der Waals surface area contributed by atoms with Crippen LogP contribution < -0.4 is 14.4 Å². The number of carbonyl (C=O) groups is 1. The van der Waals surface area contributed by atoms with Gasteiger partial charge in [-0.15, -0.1) is 0 Å². The lowest BCUT2D eigenvalue weighted by molar-refractivity contribution is -0.137. The number of rotatable bonds is 6. The lowest BCUT2D eigenvalue weighted by Gasteiger charge is -2.28. The first-order chi connectivity index (χ1) is 16.5. The maximum atomic E-state index is 12.7. The molecule has 0 bridgehead atoms. The summed E-state index contributed by atoms with van der Waals surface area (Å²) in [6, 6.07) is 12.8. The smallest absolute Gasteiger partial charge is 0.417 e. The quantitative estimate of drug-likeness (QED) is 0.456. The molecule has 1 saturated heterocycles. The number of ketones is 1. The molecule has 184 valence electrons. The van der Waals surface area contributed by atoms with Gasteiger partial charge in [-0.3, -0.25) is 9.52 Å². The molecule has 0 atom stereocenters. The van der Waals surface area contributed by atoms with Gasteiger partial charge in [-0.2, -0.15) is 13.2 Å². The van der Waals surface area contributed by atoms with Crippen LogP contribution in [0.25, 0.3) is 0 Å². The molecule has 0 amide bonds. The SMILES string of the molecule is O=C1CCN(c2ccc(NS(=O)(=O)c3ccc(Oc4ncc(C(F)(F)F)cc4Cl)cc3)cc2)CC1. The molecule has 12 heteroatoms. The van der Waals surface area contributed by atoms with Crippen molar-refractivity contribution in [3.8, 4) is 11.6 Å². The van der Waals surface area contributed by atoms with E-state index in [4.69, 9.17) is 16.3 Å². The number of hydrogen-bond donors (Lipinski definition) is 1. The summed E-state index contributed by atoms with van der Waals surface area (Å²) in [5, 5.41) is -0.335. The fourth-order valence-corrected chi connectivity index (χ4v) is 4.69. The van der Waals surface area contributed by atoms with E-state index >= 15 is 0 Å². The van der Waals surface area contributed by atoms with Gasteiger partial charge in [0.15, 0.2) is 0 Å². The molecular weight excluding hydrogens is 507 g/mol. The fourth-order valence-electron chi connectivity index (χ4n) is 3.42. The Bertz CT molecular complexity index is 1320. The Hall–Kier alpha value is -3.31. The second kappa shape index (κ2) is 9.74. The first-order valence-corrected chi connectivity index (χ1v) is 12.3. The third kappa shape index (κ3) is 6.04. The van der Waals surface area contributed by atoms with Crippen LogP contribution in [0, 0.1) is 0 Å². The highest BCUT2D eigenvalue weighted by Crippen LogP contribution is 2.35. The molecule has 1 N–H and O–H groups in total. The number of aromatic nitrogens is 1. The number of Topliss-reactive ketones (excluding diaryl/α,β-unsaturated/α-hetero) is 1. The maximum Gasteiger partial charge on any atom is 0.417 e. The Labute approximate surface area is 204 Å². The van der Waals surface area contributed by atoms with Crippen LogP contribution in [0.15, 0.2) is 65.7 Å². The van der Waals surface area contributed by atoms with E-state index in [1.807, 2.05) is 0 Å². The molecule has 2 heterocycles. The lowest BCUT2D eigenvalue weighted by atomic mass is 10.1. The van der Waals surface area contributed by atoms with Crippen LogP contribution in [-0.4, -0.2) is 32.3 Å². The Morgan fingerprint density at radius 1 is 1.00 bits per heavy atom. The van der Waals surface area contributed by atoms with Crippen LogP contribution in [0.4, 0.5) is 24.5 Å². The van der Waals surface area contributed by atoms with Gasteiger partial charge in [-0.1, -0.05) is 11.6 Å². The molecule has 35 heavy (non-hydrogen) atoms. The van der Waals surface area contributed by atoms with E-state index in [1.165, 1.54) is 24.3 Å². The second-order valence-corrected chi connectivity index (χ2v) is 9.85. The Morgan fingerprint density at radius 3 is 2.20 bits per heavy atom. The minimum Gasteiger partial charge on any atom is -0.438 e. The number of anilines is 2. The van der Waals surface area contributed by atoms with Crippen molar-refractivity contribution in [2.75, 3.05) is 22.7 Å². The standard InChI is InChI=1S/C23H19ClF3N3O4S/c24-21-13-15(23(25,26)27)14-28-22(21)34-19-5-7-20(8-6-19)35(32,33)29-16-1-3-17(4-2-16)30-11-9-18(31)10-12-30/h1-8,13-14,29H,9-12H2. The minimum absolute atomic E-state index is 0.0463. The molecule has 4 rings (SSSR count). The first-order valence-electron chi connectivity index (χ1n) is 10.4. The van der Waals surface area contributed by atoms with Crippen molar-refractivity contribution in [2.24, 2.45) is 0 Å². The van der Waals surface area contributed by atoms with Gasteiger partial charge in [0.25, 0.3) is 10.0 Å². The molecule has 1 aliphatic heterocycles. The first kappa shape index (κ1) is 24.8. The number of alkyl halides is 3. The van der Waals surface area contributed by atoms with Gasteiger partial charge in [0, 0.05) is 43.5 Å². The molecule has 1 fully saturated rings. The van der Waals surface area contributed by atoms with E-state index in [-0.39, 0.29) is 27.3 Å². The normalized spacial score (nSPS) is 14.6. The highest BCUT2D eigenvalue weighted by atomic mass is 35.5. The number of nitrogens with zero attached hydrogens (tertiary/aromatic N) is 2. The molecule has 0 spiro atoms. The zero-order valence-corrected chi connectivity index (χ0v) is 19.6. The number of sulfonamides is 1. The van der Waals surface area contributed by atoms with Crippen molar-refractivity contribution in [3.05, 3.63) is 71.4 Å². The largest absolute Gasteiger partial charge is 0.438 e. The topological polar surface area (TPSA) is 88.6 Å². The summed E-state index contributed by atoms with van der Waals surface area (Å²) in [6.07, 6.45) is -3.00. The monoisotopic (exact) mass is 525 g/mol. The fraction of sp³-hybridized carbons (Fsp3) is 0.217. The van der Waals surface area contributed by atoms with Crippen molar-refractivity contribution in [1.82, 2.24) is 4.98 Å². The van der Waals surface area contributed by atoms with Crippen molar-refractivity contribution < 1.29 is 31.1 Å². The van der Waals surface area contributed by atoms with Crippen LogP contribution in [0.5, 0.6) is 11.6 Å². The average Bonchev–Trinajstić information content (AvgIpc) is 2.81. The van der Waals surface area contributed by atoms with Crippen molar-refractivity contribution in [1.29, 1.82) is 0 Å². The number of piperidine rings is 1. The third-order valence-corrected chi connectivity index (χ3v) is 6.96. The van der Waals surface area contributed by atoms with Gasteiger partial charge >= 0.3 is 6.18 Å². The summed E-state index contributed by atoms with van der Waals surface area (Å²) in [5.74, 6) is 0.134. The van der Waals surface area contributed by atoms with Crippen LogP contribution in [0.2, 0.25) is 5.02 Å². The van der Waals surface area contributed by atoms with Gasteiger partial charge in [0.05, 0.1) is 10.5 Å². The second-order valence-electron chi connectivity index (χ2n) is 7.76. The van der Waals surface area contributed by atoms with E-state index in [0.29, 0.717) is 43.9 Å². The summed E-state index contributed by atoms with van der Waals surface area (Å²) in [6.45, 7) is 1.26. The third-order valence-electron chi connectivity index (χ3n) is 5.29. The van der Waals surface area contributed by atoms with Gasteiger partial charge in [-0.05, 0) is 54.6 Å². The van der Waals surface area contributed by atoms with E-state index in [2.05, 4.69) is 14.6 Å².